The molecule has 1 saturated carbocycles. The van der Waals surface area contributed by atoms with Gasteiger partial charge in [-0.3, -0.25) is 4.90 Å². The fourth-order valence-corrected chi connectivity index (χ4v) is 2.52. The zero-order valence-corrected chi connectivity index (χ0v) is 10.8. The SMILES string of the molecule is CC.COC1CN(C2CCC(C)CC2)C1. The molecule has 0 N–H and O–H groups in total. The molecular weight excluding hydrogens is 186 g/mol. The van der Waals surface area contributed by atoms with Crippen LogP contribution in [0.25, 0.3) is 0 Å². The van der Waals surface area contributed by atoms with Gasteiger partial charge in [0.05, 0.1) is 6.10 Å². The van der Waals surface area contributed by atoms with E-state index in [2.05, 4.69) is 11.8 Å². The van der Waals surface area contributed by atoms with E-state index in [1.807, 2.05) is 21.0 Å². The summed E-state index contributed by atoms with van der Waals surface area (Å²) in [5, 5.41) is 0. The van der Waals surface area contributed by atoms with Gasteiger partial charge in [0.15, 0.2) is 0 Å². The van der Waals surface area contributed by atoms with E-state index >= 15 is 0 Å². The van der Waals surface area contributed by atoms with Crippen LogP contribution in [0.3, 0.4) is 0 Å². The molecule has 0 aromatic rings. The number of hydrogen-bond acceptors (Lipinski definition) is 2. The van der Waals surface area contributed by atoms with Crippen LogP contribution in [0, 0.1) is 5.92 Å². The van der Waals surface area contributed by atoms with Gasteiger partial charge in [-0.15, -0.1) is 0 Å². The average molecular weight is 213 g/mol. The molecule has 1 aliphatic heterocycles. The highest BCUT2D eigenvalue weighted by atomic mass is 16.5. The molecule has 0 atom stereocenters. The predicted octanol–water partition coefficient (Wildman–Crippen LogP) is 2.92. The first kappa shape index (κ1) is 13.0. The van der Waals surface area contributed by atoms with Crippen molar-refractivity contribution in [1.29, 1.82) is 0 Å². The van der Waals surface area contributed by atoms with Gasteiger partial charge in [0.25, 0.3) is 0 Å². The molecule has 0 amide bonds. The van der Waals surface area contributed by atoms with Gasteiger partial charge in [-0.1, -0.05) is 20.8 Å². The molecule has 2 rings (SSSR count). The highest BCUT2D eigenvalue weighted by Gasteiger charge is 2.33. The summed E-state index contributed by atoms with van der Waals surface area (Å²) in [6.45, 7) is 8.73. The minimum atomic E-state index is 0.527. The number of methoxy groups -OCH3 is 1. The van der Waals surface area contributed by atoms with Gasteiger partial charge in [-0.05, 0) is 31.6 Å². The molecule has 1 heterocycles. The van der Waals surface area contributed by atoms with E-state index in [4.69, 9.17) is 4.74 Å². The Morgan fingerprint density at radius 1 is 1.00 bits per heavy atom. The summed E-state index contributed by atoms with van der Waals surface area (Å²) in [7, 11) is 1.82. The van der Waals surface area contributed by atoms with Crippen molar-refractivity contribution in [2.75, 3.05) is 20.2 Å². The standard InChI is InChI=1S/C11H21NO.C2H6/c1-9-3-5-10(6-4-9)12-7-11(8-12)13-2;1-2/h9-11H,3-8H2,1-2H3;1-2H3. The van der Waals surface area contributed by atoms with Crippen LogP contribution < -0.4 is 0 Å². The summed E-state index contributed by atoms with van der Waals surface area (Å²) in [5.41, 5.74) is 0. The molecule has 1 aliphatic carbocycles. The largest absolute Gasteiger partial charge is 0.379 e. The van der Waals surface area contributed by atoms with Crippen LogP contribution in [0.15, 0.2) is 0 Å². The third-order valence-corrected chi connectivity index (χ3v) is 3.71. The molecule has 2 fully saturated rings. The Hall–Kier alpha value is -0.0800. The second-order valence-electron chi connectivity index (χ2n) is 4.73. The lowest BCUT2D eigenvalue weighted by atomic mass is 9.85. The first-order chi connectivity index (χ1) is 7.29. The third kappa shape index (κ3) is 3.46. The lowest BCUT2D eigenvalue weighted by Gasteiger charge is -2.45. The first-order valence-corrected chi connectivity index (χ1v) is 6.56. The van der Waals surface area contributed by atoms with E-state index in [1.165, 1.54) is 38.8 Å². The van der Waals surface area contributed by atoms with E-state index in [0.29, 0.717) is 6.10 Å². The van der Waals surface area contributed by atoms with Gasteiger partial charge in [0, 0.05) is 26.2 Å². The maximum absolute atomic E-state index is 5.29. The molecule has 0 radical (unpaired) electrons. The van der Waals surface area contributed by atoms with E-state index in [9.17, 15) is 0 Å². The van der Waals surface area contributed by atoms with Crippen LogP contribution in [0.2, 0.25) is 0 Å². The van der Waals surface area contributed by atoms with Crippen molar-refractivity contribution < 1.29 is 4.74 Å². The minimum absolute atomic E-state index is 0.527. The van der Waals surface area contributed by atoms with Crippen molar-refractivity contribution in [2.24, 2.45) is 5.92 Å². The number of likely N-dealkylation sites (tertiary alicyclic amines) is 1. The lowest BCUT2D eigenvalue weighted by Crippen LogP contribution is -2.56. The molecular formula is C13H27NO. The normalized spacial score (nSPS) is 32.8. The Morgan fingerprint density at radius 3 is 2.00 bits per heavy atom. The number of rotatable bonds is 2. The smallest absolute Gasteiger partial charge is 0.0825 e. The number of hydrogen-bond donors (Lipinski definition) is 0. The molecule has 2 aliphatic rings. The summed E-state index contributed by atoms with van der Waals surface area (Å²) in [5.74, 6) is 0.968. The van der Waals surface area contributed by atoms with Crippen molar-refractivity contribution in [1.82, 2.24) is 4.90 Å². The zero-order valence-electron chi connectivity index (χ0n) is 10.8. The molecule has 0 aromatic heterocycles. The van der Waals surface area contributed by atoms with Crippen LogP contribution >= 0.6 is 0 Å². The van der Waals surface area contributed by atoms with Gasteiger partial charge >= 0.3 is 0 Å². The van der Waals surface area contributed by atoms with Crippen molar-refractivity contribution in [3.8, 4) is 0 Å². The summed E-state index contributed by atoms with van der Waals surface area (Å²) >= 11 is 0. The molecule has 2 nitrogen and oxygen atoms in total. The van der Waals surface area contributed by atoms with Gasteiger partial charge in [-0.2, -0.15) is 0 Å². The summed E-state index contributed by atoms with van der Waals surface area (Å²) in [4.78, 5) is 2.60. The monoisotopic (exact) mass is 213 g/mol. The summed E-state index contributed by atoms with van der Waals surface area (Å²) < 4.78 is 5.29. The van der Waals surface area contributed by atoms with E-state index in [1.54, 1.807) is 0 Å². The molecule has 1 saturated heterocycles. The fourth-order valence-electron chi connectivity index (χ4n) is 2.52. The number of ether oxygens (including phenoxy) is 1. The average Bonchev–Trinajstić information content (AvgIpc) is 2.22. The molecule has 0 unspecified atom stereocenters. The Morgan fingerprint density at radius 2 is 1.53 bits per heavy atom. The van der Waals surface area contributed by atoms with Crippen LogP contribution in [0.5, 0.6) is 0 Å². The third-order valence-electron chi connectivity index (χ3n) is 3.71. The topological polar surface area (TPSA) is 12.5 Å². The Labute approximate surface area is 95.0 Å². The highest BCUT2D eigenvalue weighted by molar-refractivity contribution is 4.88. The maximum Gasteiger partial charge on any atom is 0.0825 e. The van der Waals surface area contributed by atoms with E-state index < -0.39 is 0 Å². The maximum atomic E-state index is 5.29. The second-order valence-corrected chi connectivity index (χ2v) is 4.73. The number of nitrogens with zero attached hydrogens (tertiary/aromatic N) is 1. The van der Waals surface area contributed by atoms with Crippen molar-refractivity contribution in [2.45, 2.75) is 58.6 Å². The van der Waals surface area contributed by atoms with Crippen LogP contribution in [0.4, 0.5) is 0 Å². The van der Waals surface area contributed by atoms with Crippen LogP contribution in [-0.2, 0) is 4.74 Å². The van der Waals surface area contributed by atoms with Gasteiger partial charge < -0.3 is 4.74 Å². The molecule has 15 heavy (non-hydrogen) atoms. The summed E-state index contributed by atoms with van der Waals surface area (Å²) in [6.07, 6.45) is 6.21. The Bertz CT molecular complexity index is 158. The molecule has 2 heteroatoms. The minimum Gasteiger partial charge on any atom is -0.379 e. The Kier molecular flexibility index (Phi) is 5.62. The first-order valence-electron chi connectivity index (χ1n) is 6.56. The molecule has 0 aromatic carbocycles. The predicted molar refractivity (Wildman–Crippen MR) is 65.1 cm³/mol. The van der Waals surface area contributed by atoms with Crippen LogP contribution in [-0.4, -0.2) is 37.2 Å². The van der Waals surface area contributed by atoms with Crippen LogP contribution in [0.1, 0.15) is 46.5 Å². The fraction of sp³-hybridized carbons (Fsp3) is 1.00. The van der Waals surface area contributed by atoms with Gasteiger partial charge in [0.2, 0.25) is 0 Å². The summed E-state index contributed by atoms with van der Waals surface area (Å²) in [6, 6.07) is 0.877. The quantitative estimate of drug-likeness (QED) is 0.699. The van der Waals surface area contributed by atoms with Gasteiger partial charge in [-0.25, -0.2) is 0 Å². The molecule has 0 spiro atoms. The van der Waals surface area contributed by atoms with Crippen molar-refractivity contribution >= 4 is 0 Å². The molecule has 90 valence electrons. The van der Waals surface area contributed by atoms with E-state index in [0.717, 1.165) is 12.0 Å². The second kappa shape index (κ2) is 6.49. The van der Waals surface area contributed by atoms with E-state index in [-0.39, 0.29) is 0 Å². The van der Waals surface area contributed by atoms with Crippen molar-refractivity contribution in [3.63, 3.8) is 0 Å². The van der Waals surface area contributed by atoms with Gasteiger partial charge in [0.1, 0.15) is 0 Å². The van der Waals surface area contributed by atoms with Crippen molar-refractivity contribution in [3.05, 3.63) is 0 Å². The Balaban J connectivity index is 0.000000531. The lowest BCUT2D eigenvalue weighted by molar-refractivity contribution is -0.0591. The zero-order chi connectivity index (χ0) is 11.3. The highest BCUT2D eigenvalue weighted by Crippen LogP contribution is 2.29. The molecule has 0 bridgehead atoms.